The van der Waals surface area contributed by atoms with E-state index in [0.717, 1.165) is 4.80 Å². The van der Waals surface area contributed by atoms with Crippen molar-refractivity contribution in [2.24, 2.45) is 0 Å². The van der Waals surface area contributed by atoms with Gasteiger partial charge >= 0.3 is 27.0 Å². The average molecular weight is 354 g/mol. The molecule has 13 heavy (non-hydrogen) atoms. The third kappa shape index (κ3) is 5.46. The van der Waals surface area contributed by atoms with Gasteiger partial charge in [-0.25, -0.2) is 11.1 Å². The third-order valence-corrected chi connectivity index (χ3v) is 0.929. The number of nitrogens with zero attached hydrogens (tertiary/aromatic N) is 4. The second-order valence-corrected chi connectivity index (χ2v) is 1.72. The molecule has 0 saturated heterocycles. The summed E-state index contributed by atoms with van der Waals surface area (Å²) in [6.07, 6.45) is 2.22. The van der Waals surface area contributed by atoms with Crippen molar-refractivity contribution >= 4 is 5.97 Å². The Kier molecular flexibility index (Phi) is 8.90. The Morgan fingerprint density at radius 1 is 1.62 bits per heavy atom. The van der Waals surface area contributed by atoms with Gasteiger partial charge in [-0.15, -0.1) is 0 Å². The molecule has 0 N–H and O–H groups in total. The van der Waals surface area contributed by atoms with E-state index in [-0.39, 0.29) is 41.0 Å². The fourth-order valence-electron chi connectivity index (χ4n) is 0.552. The molecule has 7 heteroatoms. The van der Waals surface area contributed by atoms with Crippen LogP contribution in [0.1, 0.15) is 6.92 Å². The van der Waals surface area contributed by atoms with Crippen LogP contribution in [0.25, 0.3) is 0 Å². The van der Waals surface area contributed by atoms with Gasteiger partial charge in [0.05, 0.1) is 6.61 Å². The predicted molar refractivity (Wildman–Crippen MR) is 39.7 cm³/mol. The molecule has 0 atom stereocenters. The van der Waals surface area contributed by atoms with E-state index in [1.165, 1.54) is 0 Å². The SMILES string of the molecule is CCOC(=O)Cn1n[c-]nn1.[CH3-].[W+2]. The molecule has 0 amide bonds. The van der Waals surface area contributed by atoms with Gasteiger partial charge in [-0.2, -0.15) is 4.80 Å². The van der Waals surface area contributed by atoms with E-state index in [4.69, 9.17) is 0 Å². The van der Waals surface area contributed by atoms with Gasteiger partial charge in [0.2, 0.25) is 0 Å². The quantitative estimate of drug-likeness (QED) is 0.540. The van der Waals surface area contributed by atoms with Crippen molar-refractivity contribution in [2.45, 2.75) is 13.5 Å². The zero-order valence-corrected chi connectivity index (χ0v) is 10.4. The van der Waals surface area contributed by atoms with Gasteiger partial charge in [0.25, 0.3) is 0 Å². The fourth-order valence-corrected chi connectivity index (χ4v) is 0.552. The molecule has 0 unspecified atom stereocenters. The van der Waals surface area contributed by atoms with Crippen LogP contribution in [-0.4, -0.2) is 32.8 Å². The number of hydrogen-bond acceptors (Lipinski definition) is 5. The number of rotatable bonds is 3. The van der Waals surface area contributed by atoms with E-state index in [1.807, 2.05) is 0 Å². The Balaban J connectivity index is 0. The smallest absolute Gasteiger partial charge is 0.465 e. The van der Waals surface area contributed by atoms with Crippen LogP contribution in [-0.2, 0) is 37.1 Å². The number of carbonyl (C=O) groups excluding carboxylic acids is 1. The molecule has 1 aromatic rings. The number of carbonyl (C=O) groups is 1. The zero-order valence-electron chi connectivity index (χ0n) is 7.43. The maximum absolute atomic E-state index is 10.7. The summed E-state index contributed by atoms with van der Waals surface area (Å²) in [5.41, 5.74) is 0. The Bertz CT molecular complexity index is 227. The van der Waals surface area contributed by atoms with Crippen LogP contribution in [0.2, 0.25) is 0 Å². The number of ether oxygens (including phenoxy) is 1. The standard InChI is InChI=1S/C5H7N4O2.CH3.W/c1-2-11-5(10)3-9-7-4-6-8-9;;/h2-3H2,1H3;1H3;/q2*-1;+2. The molecule has 0 aliphatic carbocycles. The predicted octanol–water partition coefficient (Wildman–Crippen LogP) is -0.516. The second-order valence-electron chi connectivity index (χ2n) is 1.72. The summed E-state index contributed by atoms with van der Waals surface area (Å²) in [6, 6.07) is 0. The number of tetrazole rings is 1. The molecule has 1 aromatic heterocycles. The van der Waals surface area contributed by atoms with Gasteiger partial charge in [0, 0.05) is 0 Å². The van der Waals surface area contributed by atoms with Gasteiger partial charge in [-0.3, -0.25) is 0 Å². The van der Waals surface area contributed by atoms with Gasteiger partial charge in [0.15, 0.2) is 6.54 Å². The maximum atomic E-state index is 10.7. The summed E-state index contributed by atoms with van der Waals surface area (Å²) in [7, 11) is 0. The molecule has 1 rings (SSSR count). The molecular weight excluding hydrogens is 344 g/mol. The van der Waals surface area contributed by atoms with Gasteiger partial charge in [-0.1, -0.05) is 5.21 Å². The summed E-state index contributed by atoms with van der Waals surface area (Å²) in [4.78, 5) is 11.9. The van der Waals surface area contributed by atoms with E-state index in [1.54, 1.807) is 6.92 Å². The van der Waals surface area contributed by atoms with Crippen LogP contribution in [0, 0.1) is 13.8 Å². The first kappa shape index (κ1) is 14.7. The van der Waals surface area contributed by atoms with Crippen molar-refractivity contribution in [3.8, 4) is 0 Å². The molecule has 0 saturated carbocycles. The average Bonchev–Trinajstić information content (AvgIpc) is 2.40. The monoisotopic (exact) mass is 354 g/mol. The van der Waals surface area contributed by atoms with E-state index in [0.29, 0.717) is 6.61 Å². The fraction of sp³-hybridized carbons (Fsp3) is 0.500. The zero-order chi connectivity index (χ0) is 8.10. The Morgan fingerprint density at radius 3 is 2.77 bits per heavy atom. The first-order valence-electron chi connectivity index (χ1n) is 3.12. The Labute approximate surface area is 90.9 Å². The Hall–Kier alpha value is -0.772. The van der Waals surface area contributed by atoms with Crippen LogP contribution in [0.4, 0.5) is 0 Å². The summed E-state index contributed by atoms with van der Waals surface area (Å²) >= 11 is 0. The second kappa shape index (κ2) is 7.86. The van der Waals surface area contributed by atoms with Gasteiger partial charge < -0.3 is 22.4 Å². The molecule has 0 aliphatic rings. The molecular formula is C6H10N4O2W. The van der Waals surface area contributed by atoms with Crippen LogP contribution < -0.4 is 0 Å². The summed E-state index contributed by atoms with van der Waals surface area (Å²) in [5, 5.41) is 10.2. The molecule has 72 valence electrons. The minimum atomic E-state index is -0.376. The first-order chi connectivity index (χ1) is 5.33. The van der Waals surface area contributed by atoms with Crippen molar-refractivity contribution in [1.29, 1.82) is 0 Å². The van der Waals surface area contributed by atoms with E-state index in [9.17, 15) is 4.79 Å². The first-order valence-corrected chi connectivity index (χ1v) is 3.12. The van der Waals surface area contributed by atoms with E-state index >= 15 is 0 Å². The number of aromatic nitrogens is 4. The number of esters is 1. The molecule has 1 heterocycles. The van der Waals surface area contributed by atoms with Gasteiger partial charge in [0.1, 0.15) is 0 Å². The molecule has 6 nitrogen and oxygen atoms in total. The van der Waals surface area contributed by atoms with Crippen molar-refractivity contribution in [2.75, 3.05) is 6.61 Å². The van der Waals surface area contributed by atoms with Crippen molar-refractivity contribution in [1.82, 2.24) is 20.2 Å². The van der Waals surface area contributed by atoms with Crippen molar-refractivity contribution in [3.05, 3.63) is 13.8 Å². The topological polar surface area (TPSA) is 69.9 Å². The van der Waals surface area contributed by atoms with Crippen LogP contribution >= 0.6 is 0 Å². The van der Waals surface area contributed by atoms with E-state index in [2.05, 4.69) is 26.5 Å². The molecule has 0 radical (unpaired) electrons. The molecule has 0 spiro atoms. The normalized spacial score (nSPS) is 8.08. The summed E-state index contributed by atoms with van der Waals surface area (Å²) < 4.78 is 4.63. The largest absolute Gasteiger partial charge is 2.00 e. The van der Waals surface area contributed by atoms with Crippen LogP contribution in [0.3, 0.4) is 0 Å². The van der Waals surface area contributed by atoms with Crippen molar-refractivity contribution in [3.63, 3.8) is 0 Å². The molecule has 0 aromatic carbocycles. The Morgan fingerprint density at radius 2 is 2.31 bits per heavy atom. The van der Waals surface area contributed by atoms with Gasteiger partial charge in [-0.05, 0) is 6.92 Å². The minimum Gasteiger partial charge on any atom is -0.465 e. The van der Waals surface area contributed by atoms with E-state index < -0.39 is 0 Å². The van der Waals surface area contributed by atoms with Crippen molar-refractivity contribution < 1.29 is 30.6 Å². The third-order valence-electron chi connectivity index (χ3n) is 0.929. The van der Waals surface area contributed by atoms with Crippen LogP contribution in [0.15, 0.2) is 0 Å². The van der Waals surface area contributed by atoms with Crippen LogP contribution in [0.5, 0.6) is 0 Å². The molecule has 0 aliphatic heterocycles. The number of hydrogen-bond donors (Lipinski definition) is 0. The molecule has 0 fully saturated rings. The maximum Gasteiger partial charge on any atom is 2.00 e. The minimum absolute atomic E-state index is 0. The summed E-state index contributed by atoms with van der Waals surface area (Å²) in [6.45, 7) is 2.08. The summed E-state index contributed by atoms with van der Waals surface area (Å²) in [5.74, 6) is -0.376. The molecule has 0 bridgehead atoms.